The van der Waals surface area contributed by atoms with Crippen LogP contribution in [-0.4, -0.2) is 37.1 Å². The third kappa shape index (κ3) is 2.12. The van der Waals surface area contributed by atoms with E-state index >= 15 is 0 Å². The maximum atomic E-state index is 7.60. The zero-order valence-electron chi connectivity index (χ0n) is 10.6. The molecule has 0 radical (unpaired) electrons. The number of rotatable bonds is 1. The molecule has 2 rings (SSSR count). The Morgan fingerprint density at radius 2 is 1.71 bits per heavy atom. The number of hydrogen-bond donors (Lipinski definition) is 1. The van der Waals surface area contributed by atoms with Crippen molar-refractivity contribution < 1.29 is 1.41 Å². The van der Waals surface area contributed by atoms with Crippen LogP contribution < -0.4 is 5.31 Å². The Labute approximate surface area is 89.5 Å². The maximum absolute atomic E-state index is 7.60. The van der Waals surface area contributed by atoms with Gasteiger partial charge in [-0.05, 0) is 71.1 Å². The summed E-state index contributed by atoms with van der Waals surface area (Å²) in [5.74, 6) is 0. The molecule has 0 atom stereocenters. The van der Waals surface area contributed by atoms with Crippen molar-refractivity contribution in [3.05, 3.63) is 0 Å². The second kappa shape index (κ2) is 4.19. The van der Waals surface area contributed by atoms with Crippen LogP contribution in [0.15, 0.2) is 0 Å². The third-order valence-electron chi connectivity index (χ3n) is 4.19. The zero-order valence-corrected chi connectivity index (χ0v) is 9.63. The normalized spacial score (nSPS) is 30.9. The van der Waals surface area contributed by atoms with Crippen LogP contribution in [0.4, 0.5) is 0 Å². The highest BCUT2D eigenvalue weighted by molar-refractivity contribution is 4.90. The van der Waals surface area contributed by atoms with Crippen LogP contribution in [0.2, 0.25) is 1.41 Å². The topological polar surface area (TPSA) is 15.3 Å². The van der Waals surface area contributed by atoms with Gasteiger partial charge in [0.1, 0.15) is 1.41 Å². The van der Waals surface area contributed by atoms with Crippen molar-refractivity contribution in [2.24, 2.45) is 5.41 Å². The van der Waals surface area contributed by atoms with Gasteiger partial charge in [-0.25, -0.2) is 0 Å². The SMILES string of the molecule is [2H]N1CCC2(CC1)CCN(C(C)C)CC2. The first-order valence-corrected chi connectivity index (χ1v) is 6.09. The van der Waals surface area contributed by atoms with Crippen LogP contribution in [0.5, 0.6) is 0 Å². The fourth-order valence-corrected chi connectivity index (χ4v) is 2.88. The van der Waals surface area contributed by atoms with Crippen molar-refractivity contribution >= 4 is 0 Å². The van der Waals surface area contributed by atoms with Crippen molar-refractivity contribution in [1.82, 2.24) is 10.2 Å². The average Bonchev–Trinajstić information content (AvgIpc) is 2.24. The Kier molecular flexibility index (Phi) is 2.75. The van der Waals surface area contributed by atoms with Crippen molar-refractivity contribution in [3.8, 4) is 0 Å². The summed E-state index contributed by atoms with van der Waals surface area (Å²) in [6, 6.07) is 0.707. The van der Waals surface area contributed by atoms with E-state index in [4.69, 9.17) is 1.41 Å². The Balaban J connectivity index is 1.86. The molecule has 0 aromatic carbocycles. The highest BCUT2D eigenvalue weighted by Crippen LogP contribution is 2.39. The van der Waals surface area contributed by atoms with Crippen LogP contribution in [0.1, 0.15) is 39.5 Å². The Morgan fingerprint density at radius 1 is 1.14 bits per heavy atom. The van der Waals surface area contributed by atoms with Gasteiger partial charge in [-0.3, -0.25) is 0 Å². The largest absolute Gasteiger partial charge is 0.317 e. The van der Waals surface area contributed by atoms with Gasteiger partial charge in [0.05, 0.1) is 0 Å². The summed E-state index contributed by atoms with van der Waals surface area (Å²) >= 11 is 0. The zero-order chi connectivity index (χ0) is 10.9. The molecule has 0 amide bonds. The Hall–Kier alpha value is -0.0800. The van der Waals surface area contributed by atoms with Gasteiger partial charge in [-0.1, -0.05) is 0 Å². The second-order valence-corrected chi connectivity index (χ2v) is 5.30. The molecular weight excluding hydrogens is 172 g/mol. The predicted molar refractivity (Wildman–Crippen MR) is 60.5 cm³/mol. The molecule has 2 saturated heterocycles. The minimum atomic E-state index is 0.600. The summed E-state index contributed by atoms with van der Waals surface area (Å²) in [4.78, 5) is 2.60. The van der Waals surface area contributed by atoms with E-state index in [-0.39, 0.29) is 0 Å². The van der Waals surface area contributed by atoms with E-state index in [9.17, 15) is 0 Å². The van der Waals surface area contributed by atoms with E-state index < -0.39 is 0 Å². The van der Waals surface area contributed by atoms with Crippen molar-refractivity contribution in [3.63, 3.8) is 0 Å². The lowest BCUT2D eigenvalue weighted by atomic mass is 9.71. The summed E-state index contributed by atoms with van der Waals surface area (Å²) in [7, 11) is 0. The molecule has 2 heterocycles. The molecule has 1 spiro atoms. The lowest BCUT2D eigenvalue weighted by Gasteiger charge is -2.45. The first-order valence-electron chi connectivity index (χ1n) is 6.54. The third-order valence-corrected chi connectivity index (χ3v) is 4.19. The van der Waals surface area contributed by atoms with Crippen LogP contribution in [0, 0.1) is 5.41 Å². The van der Waals surface area contributed by atoms with Gasteiger partial charge in [-0.15, -0.1) is 0 Å². The van der Waals surface area contributed by atoms with Crippen LogP contribution in [-0.2, 0) is 0 Å². The quantitative estimate of drug-likeness (QED) is 0.690. The summed E-state index contributed by atoms with van der Waals surface area (Å²) in [5.41, 5.74) is 0.600. The van der Waals surface area contributed by atoms with E-state index in [2.05, 4.69) is 18.7 Å². The lowest BCUT2D eigenvalue weighted by Crippen LogP contribution is -2.47. The second-order valence-electron chi connectivity index (χ2n) is 5.30. The average molecular weight is 197 g/mol. The molecule has 1 N–H and O–H groups in total. The highest BCUT2D eigenvalue weighted by Gasteiger charge is 2.35. The standard InChI is InChI=1S/C12H24N2/c1-11(2)14-9-5-12(6-10-14)3-7-13-8-4-12/h11,13H,3-10H2,1-2H3/i/hD. The molecule has 0 unspecified atom stereocenters. The molecule has 0 aromatic heterocycles. The van der Waals surface area contributed by atoms with E-state index in [1.165, 1.54) is 38.8 Å². The summed E-state index contributed by atoms with van der Waals surface area (Å²) in [6.07, 6.45) is 5.23. The number of piperidine rings is 2. The summed E-state index contributed by atoms with van der Waals surface area (Å²) in [6.45, 7) is 9.11. The van der Waals surface area contributed by atoms with Crippen molar-refractivity contribution in [2.45, 2.75) is 45.6 Å². The van der Waals surface area contributed by atoms with Gasteiger partial charge < -0.3 is 10.2 Å². The monoisotopic (exact) mass is 197 g/mol. The molecule has 0 bridgehead atoms. The number of nitrogens with one attached hydrogen (secondary N) is 1. The lowest BCUT2D eigenvalue weighted by molar-refractivity contribution is 0.0582. The fraction of sp³-hybridized carbons (Fsp3) is 1.00. The summed E-state index contributed by atoms with van der Waals surface area (Å²) < 4.78 is 7.60. The van der Waals surface area contributed by atoms with Crippen LogP contribution in [0.25, 0.3) is 0 Å². The van der Waals surface area contributed by atoms with Crippen molar-refractivity contribution in [2.75, 3.05) is 26.2 Å². The Bertz CT molecular complexity index is 200. The van der Waals surface area contributed by atoms with E-state index in [1.807, 2.05) is 0 Å². The minimum Gasteiger partial charge on any atom is -0.317 e. The Morgan fingerprint density at radius 3 is 2.21 bits per heavy atom. The van der Waals surface area contributed by atoms with Gasteiger partial charge in [0, 0.05) is 6.04 Å². The molecule has 0 saturated carbocycles. The molecule has 0 aliphatic carbocycles. The molecule has 2 fully saturated rings. The molecular formula is C12H24N2. The molecule has 2 nitrogen and oxygen atoms in total. The van der Waals surface area contributed by atoms with Gasteiger partial charge in [0.25, 0.3) is 0 Å². The number of nitrogens with zero attached hydrogens (tertiary/aromatic N) is 1. The number of likely N-dealkylation sites (tertiary alicyclic amines) is 1. The van der Waals surface area contributed by atoms with Gasteiger partial charge in [0.15, 0.2) is 0 Å². The maximum Gasteiger partial charge on any atom is 0.122 e. The highest BCUT2D eigenvalue weighted by atomic mass is 15.2. The first kappa shape index (κ1) is 9.17. The smallest absolute Gasteiger partial charge is 0.122 e. The predicted octanol–water partition coefficient (Wildman–Crippen LogP) is 1.86. The van der Waals surface area contributed by atoms with E-state index in [0.29, 0.717) is 11.5 Å². The molecule has 0 aromatic rings. The molecule has 2 aliphatic rings. The van der Waals surface area contributed by atoms with E-state index in [1.54, 1.807) is 5.31 Å². The van der Waals surface area contributed by atoms with Crippen LogP contribution in [0.3, 0.4) is 0 Å². The van der Waals surface area contributed by atoms with Crippen LogP contribution >= 0.6 is 0 Å². The first-order chi connectivity index (χ1) is 7.11. The summed E-state index contributed by atoms with van der Waals surface area (Å²) in [5, 5.41) is 1.74. The van der Waals surface area contributed by atoms with Gasteiger partial charge in [-0.2, -0.15) is 0 Å². The molecule has 2 heteroatoms. The number of hydrogen-bond acceptors (Lipinski definition) is 2. The fourth-order valence-electron chi connectivity index (χ4n) is 2.88. The molecule has 2 aliphatic heterocycles. The van der Waals surface area contributed by atoms with Crippen molar-refractivity contribution in [1.29, 1.82) is 0 Å². The van der Waals surface area contributed by atoms with E-state index in [0.717, 1.165) is 13.1 Å². The van der Waals surface area contributed by atoms with Gasteiger partial charge >= 0.3 is 0 Å². The molecule has 14 heavy (non-hydrogen) atoms. The van der Waals surface area contributed by atoms with Gasteiger partial charge in [0.2, 0.25) is 0 Å². The minimum absolute atomic E-state index is 0.600. The molecule has 82 valence electrons.